The van der Waals surface area contributed by atoms with Gasteiger partial charge in [-0.05, 0) is 92.3 Å². The maximum absolute atomic E-state index is 14.5. The van der Waals surface area contributed by atoms with Crippen LogP contribution < -0.4 is 5.32 Å². The van der Waals surface area contributed by atoms with Crippen LogP contribution in [0.15, 0.2) is 36.6 Å². The van der Waals surface area contributed by atoms with E-state index < -0.39 is 6.04 Å². The molecule has 3 atom stereocenters. The van der Waals surface area contributed by atoms with Crippen LogP contribution >= 0.6 is 0 Å². The molecule has 0 aliphatic carbocycles. The van der Waals surface area contributed by atoms with E-state index >= 15 is 0 Å². The van der Waals surface area contributed by atoms with E-state index in [2.05, 4.69) is 28.9 Å². The molecule has 1 unspecified atom stereocenters. The SMILES string of the molecule is C=C(O)[C@@H](c1cc(F)cc2c1CC(C)OC2)N1CC[C@@H](OCCCCc2ccc3c(n2)NCCC3)C1. The number of rotatable bonds is 9. The van der Waals surface area contributed by atoms with Gasteiger partial charge in [-0.1, -0.05) is 12.6 Å². The summed E-state index contributed by atoms with van der Waals surface area (Å²) in [5, 5.41) is 14.0. The first-order valence-corrected chi connectivity index (χ1v) is 13.4. The van der Waals surface area contributed by atoms with Crippen LogP contribution in [0.4, 0.5) is 10.2 Å². The Bertz CT molecular complexity index is 1090. The summed E-state index contributed by atoms with van der Waals surface area (Å²) in [5.41, 5.74) is 5.21. The van der Waals surface area contributed by atoms with Gasteiger partial charge in [0.1, 0.15) is 17.4 Å². The molecule has 1 aromatic carbocycles. The van der Waals surface area contributed by atoms with Gasteiger partial charge < -0.3 is 19.9 Å². The number of benzene rings is 1. The van der Waals surface area contributed by atoms with Crippen molar-refractivity contribution < 1.29 is 19.0 Å². The molecule has 0 amide bonds. The summed E-state index contributed by atoms with van der Waals surface area (Å²) in [4.78, 5) is 6.95. The zero-order valence-electron chi connectivity index (χ0n) is 21.3. The van der Waals surface area contributed by atoms with Crippen LogP contribution in [-0.4, -0.2) is 53.4 Å². The molecule has 1 aromatic heterocycles. The van der Waals surface area contributed by atoms with Crippen molar-refractivity contribution in [2.45, 2.75) is 76.7 Å². The van der Waals surface area contributed by atoms with Gasteiger partial charge in [-0.25, -0.2) is 9.37 Å². The number of aliphatic hydroxyl groups excluding tert-OH is 1. The van der Waals surface area contributed by atoms with E-state index in [4.69, 9.17) is 14.5 Å². The van der Waals surface area contributed by atoms with Crippen molar-refractivity contribution in [2.24, 2.45) is 0 Å². The number of hydrogen-bond donors (Lipinski definition) is 2. The van der Waals surface area contributed by atoms with E-state index in [1.807, 2.05) is 6.92 Å². The molecule has 5 rings (SSSR count). The Balaban J connectivity index is 1.13. The first-order chi connectivity index (χ1) is 17.5. The summed E-state index contributed by atoms with van der Waals surface area (Å²) in [6, 6.07) is 7.04. The van der Waals surface area contributed by atoms with Gasteiger partial charge in [-0.2, -0.15) is 0 Å². The molecule has 36 heavy (non-hydrogen) atoms. The zero-order valence-corrected chi connectivity index (χ0v) is 21.3. The molecule has 1 saturated heterocycles. The number of fused-ring (bicyclic) bond motifs is 2. The van der Waals surface area contributed by atoms with Crippen molar-refractivity contribution in [3.8, 4) is 0 Å². The third-order valence-corrected chi connectivity index (χ3v) is 7.64. The second-order valence-electron chi connectivity index (χ2n) is 10.4. The molecule has 0 saturated carbocycles. The Kier molecular flexibility index (Phi) is 7.89. The number of anilines is 1. The molecular weight excluding hydrogens is 457 g/mol. The Hall–Kier alpha value is -2.48. The predicted octanol–water partition coefficient (Wildman–Crippen LogP) is 5.27. The number of aliphatic hydroxyl groups is 1. The molecule has 0 radical (unpaired) electrons. The van der Waals surface area contributed by atoms with Gasteiger partial charge in [0.15, 0.2) is 0 Å². The average Bonchev–Trinajstić information content (AvgIpc) is 3.32. The number of halogens is 1. The number of pyridine rings is 1. The Morgan fingerprint density at radius 1 is 1.33 bits per heavy atom. The van der Waals surface area contributed by atoms with E-state index in [0.29, 0.717) is 26.2 Å². The Morgan fingerprint density at radius 3 is 3.08 bits per heavy atom. The van der Waals surface area contributed by atoms with Crippen molar-refractivity contribution in [1.82, 2.24) is 9.88 Å². The largest absolute Gasteiger partial charge is 0.511 e. The van der Waals surface area contributed by atoms with Gasteiger partial charge in [0.2, 0.25) is 0 Å². The highest BCUT2D eigenvalue weighted by Gasteiger charge is 2.34. The van der Waals surface area contributed by atoms with Crippen molar-refractivity contribution in [2.75, 3.05) is 31.6 Å². The molecule has 3 aliphatic rings. The lowest BCUT2D eigenvalue weighted by Crippen LogP contribution is -2.32. The van der Waals surface area contributed by atoms with E-state index in [-0.39, 0.29) is 23.8 Å². The third kappa shape index (κ3) is 5.74. The Labute approximate surface area is 213 Å². The number of ether oxygens (including phenoxy) is 2. The molecule has 6 nitrogen and oxygen atoms in total. The van der Waals surface area contributed by atoms with Gasteiger partial charge in [0.25, 0.3) is 0 Å². The highest BCUT2D eigenvalue weighted by atomic mass is 19.1. The van der Waals surface area contributed by atoms with Gasteiger partial charge in [-0.15, -0.1) is 0 Å². The molecule has 1 fully saturated rings. The molecule has 3 aliphatic heterocycles. The molecule has 2 aromatic rings. The summed E-state index contributed by atoms with van der Waals surface area (Å²) < 4.78 is 26.4. The van der Waals surface area contributed by atoms with Gasteiger partial charge in [0.05, 0.1) is 24.9 Å². The third-order valence-electron chi connectivity index (χ3n) is 7.64. The number of likely N-dealkylation sites (tertiary alicyclic amines) is 1. The number of aromatic nitrogens is 1. The second-order valence-corrected chi connectivity index (χ2v) is 10.4. The highest BCUT2D eigenvalue weighted by Crippen LogP contribution is 2.36. The van der Waals surface area contributed by atoms with E-state index in [1.165, 1.54) is 12.0 Å². The van der Waals surface area contributed by atoms with Crippen LogP contribution in [0.3, 0.4) is 0 Å². The van der Waals surface area contributed by atoms with E-state index in [0.717, 1.165) is 73.4 Å². The lowest BCUT2D eigenvalue weighted by atomic mass is 9.89. The van der Waals surface area contributed by atoms with Crippen LogP contribution in [0, 0.1) is 5.82 Å². The monoisotopic (exact) mass is 495 g/mol. The van der Waals surface area contributed by atoms with Crippen LogP contribution in [0.25, 0.3) is 0 Å². The van der Waals surface area contributed by atoms with Crippen LogP contribution in [-0.2, 0) is 35.3 Å². The molecule has 2 N–H and O–H groups in total. The lowest BCUT2D eigenvalue weighted by Gasteiger charge is -2.32. The summed E-state index contributed by atoms with van der Waals surface area (Å²) >= 11 is 0. The molecule has 194 valence electrons. The van der Waals surface area contributed by atoms with Crippen LogP contribution in [0.1, 0.15) is 66.6 Å². The van der Waals surface area contributed by atoms with Crippen molar-refractivity contribution in [3.63, 3.8) is 0 Å². The fourth-order valence-electron chi connectivity index (χ4n) is 5.79. The standard InChI is InChI=1S/C29H38FN3O3/c1-19-14-26-22(18-36-19)15-23(30)16-27(26)28(20(2)34)33-12-10-25(17-33)35-13-4-3-7-24-9-8-21-6-5-11-31-29(21)32-24/h8-9,15-16,19,25,28,34H,2-7,10-14,17-18H2,1H3,(H,31,32)/t19?,25-,28+/m1/s1. The van der Waals surface area contributed by atoms with Crippen molar-refractivity contribution >= 4 is 5.82 Å². The zero-order chi connectivity index (χ0) is 25.1. The number of hydrogen-bond acceptors (Lipinski definition) is 6. The normalized spacial score (nSPS) is 22.5. The van der Waals surface area contributed by atoms with Gasteiger partial charge in [0, 0.05) is 31.9 Å². The summed E-state index contributed by atoms with van der Waals surface area (Å²) in [5.74, 6) is 0.807. The highest BCUT2D eigenvalue weighted by molar-refractivity contribution is 5.47. The summed E-state index contributed by atoms with van der Waals surface area (Å²) in [7, 11) is 0. The second kappa shape index (κ2) is 11.3. The van der Waals surface area contributed by atoms with E-state index in [1.54, 1.807) is 12.1 Å². The molecule has 4 heterocycles. The van der Waals surface area contributed by atoms with Crippen molar-refractivity contribution in [1.29, 1.82) is 0 Å². The fourth-order valence-corrected chi connectivity index (χ4v) is 5.79. The molecule has 7 heteroatoms. The van der Waals surface area contributed by atoms with E-state index in [9.17, 15) is 9.50 Å². The van der Waals surface area contributed by atoms with Crippen LogP contribution in [0.5, 0.6) is 0 Å². The number of nitrogens with one attached hydrogen (secondary N) is 1. The summed E-state index contributed by atoms with van der Waals surface area (Å²) in [6.45, 7) is 9.46. The van der Waals surface area contributed by atoms with Crippen molar-refractivity contribution in [3.05, 3.63) is 70.4 Å². The minimum absolute atomic E-state index is 0.0506. The van der Waals surface area contributed by atoms with Gasteiger partial charge in [-0.3, -0.25) is 4.90 Å². The maximum Gasteiger partial charge on any atom is 0.129 e. The number of unbranched alkanes of at least 4 members (excludes halogenated alkanes) is 1. The molecule has 0 spiro atoms. The maximum atomic E-state index is 14.5. The number of aryl methyl sites for hydroxylation is 2. The first-order valence-electron chi connectivity index (χ1n) is 13.4. The van der Waals surface area contributed by atoms with Gasteiger partial charge >= 0.3 is 0 Å². The quantitative estimate of drug-likeness (QED) is 0.365. The first kappa shape index (κ1) is 25.2. The number of nitrogens with zero attached hydrogens (tertiary/aromatic N) is 2. The average molecular weight is 496 g/mol. The Morgan fingerprint density at radius 2 is 2.22 bits per heavy atom. The predicted molar refractivity (Wildman–Crippen MR) is 139 cm³/mol. The molecule has 0 bridgehead atoms. The molecular formula is C29H38FN3O3. The fraction of sp³-hybridized carbons (Fsp3) is 0.552. The lowest BCUT2D eigenvalue weighted by molar-refractivity contribution is 0.0392. The smallest absolute Gasteiger partial charge is 0.129 e. The van der Waals surface area contributed by atoms with Crippen LogP contribution in [0.2, 0.25) is 0 Å². The minimum Gasteiger partial charge on any atom is -0.511 e. The topological polar surface area (TPSA) is 66.9 Å². The summed E-state index contributed by atoms with van der Waals surface area (Å²) in [6.07, 6.45) is 7.02. The minimum atomic E-state index is -0.433.